The zero-order valence-electron chi connectivity index (χ0n) is 17.0. The second-order valence-electron chi connectivity index (χ2n) is 7.30. The van der Waals surface area contributed by atoms with Crippen molar-refractivity contribution < 1.29 is 24.6 Å². The van der Waals surface area contributed by atoms with Gasteiger partial charge in [0.15, 0.2) is 0 Å². The number of carbonyl (C=O) groups excluding carboxylic acids is 2. The molecular weight excluding hydrogens is 424 g/mol. The van der Waals surface area contributed by atoms with Crippen LogP contribution in [0.25, 0.3) is 0 Å². The van der Waals surface area contributed by atoms with Crippen molar-refractivity contribution in [3.05, 3.63) is 29.8 Å². The molecule has 2 atom stereocenters. The number of amides is 2. The van der Waals surface area contributed by atoms with Gasteiger partial charge in [-0.1, -0.05) is 40.1 Å². The van der Waals surface area contributed by atoms with Crippen molar-refractivity contribution in [3.63, 3.8) is 0 Å². The summed E-state index contributed by atoms with van der Waals surface area (Å²) in [6.45, 7) is 0.366. The highest BCUT2D eigenvalue weighted by Crippen LogP contribution is 2.39. The molecule has 0 aliphatic carbocycles. The second-order valence-corrected chi connectivity index (χ2v) is 10.1. The zero-order chi connectivity index (χ0) is 21.8. The minimum absolute atomic E-state index is 0.0791. The predicted molar refractivity (Wildman–Crippen MR) is 121 cm³/mol. The number of para-hydroxylation sites is 1. The molecular formula is C21H30N2O5S2. The molecule has 1 aliphatic rings. The Morgan fingerprint density at radius 1 is 1.13 bits per heavy atom. The third kappa shape index (κ3) is 8.87. The van der Waals surface area contributed by atoms with Crippen LogP contribution in [-0.4, -0.2) is 51.6 Å². The summed E-state index contributed by atoms with van der Waals surface area (Å²) in [5.41, 5.74) is 0.207. The van der Waals surface area contributed by atoms with Crippen molar-refractivity contribution in [2.24, 2.45) is 0 Å². The van der Waals surface area contributed by atoms with Gasteiger partial charge >= 0.3 is 5.97 Å². The number of hydrogen-bond acceptors (Lipinski definition) is 6. The summed E-state index contributed by atoms with van der Waals surface area (Å²) < 4.78 is 0. The van der Waals surface area contributed by atoms with Crippen LogP contribution in [0.1, 0.15) is 61.7 Å². The van der Waals surface area contributed by atoms with E-state index in [0.29, 0.717) is 37.5 Å². The molecule has 0 bridgehead atoms. The normalized spacial score (nSPS) is 16.7. The first-order valence-corrected chi connectivity index (χ1v) is 12.7. The molecule has 0 radical (unpaired) electrons. The number of aromatic hydroxyl groups is 1. The van der Waals surface area contributed by atoms with Gasteiger partial charge in [-0.05, 0) is 50.7 Å². The molecule has 4 N–H and O–H groups in total. The largest absolute Gasteiger partial charge is 0.507 e. The predicted octanol–water partition coefficient (Wildman–Crippen LogP) is 3.58. The first-order valence-electron chi connectivity index (χ1n) is 10.3. The van der Waals surface area contributed by atoms with Crippen molar-refractivity contribution >= 4 is 39.4 Å². The van der Waals surface area contributed by atoms with E-state index in [1.54, 1.807) is 12.1 Å². The van der Waals surface area contributed by atoms with Crippen LogP contribution in [-0.2, 0) is 9.59 Å². The van der Waals surface area contributed by atoms with Crippen molar-refractivity contribution in [3.8, 4) is 5.75 Å². The number of carboxylic acid groups (broad SMARTS) is 1. The van der Waals surface area contributed by atoms with Crippen LogP contribution in [0.3, 0.4) is 0 Å². The lowest BCUT2D eigenvalue weighted by molar-refractivity contribution is -0.142. The molecule has 1 fully saturated rings. The lowest BCUT2D eigenvalue weighted by Gasteiger charge is -2.15. The Kier molecular flexibility index (Phi) is 10.9. The molecule has 2 unspecified atom stereocenters. The number of benzene rings is 1. The first kappa shape index (κ1) is 24.4. The molecule has 1 aliphatic heterocycles. The molecule has 1 aromatic rings. The number of rotatable bonds is 13. The Morgan fingerprint density at radius 2 is 1.93 bits per heavy atom. The number of hydrogen-bond donors (Lipinski definition) is 4. The SMILES string of the molecule is O=C(CCCCC1CCSS1)NC(CCCCNC(=O)c1ccccc1O)C(=O)O. The molecule has 7 nitrogen and oxygen atoms in total. The van der Waals surface area contributed by atoms with Crippen LogP contribution in [0, 0.1) is 0 Å². The number of nitrogens with one attached hydrogen (secondary N) is 2. The Bertz CT molecular complexity index is 710. The minimum atomic E-state index is -1.04. The van der Waals surface area contributed by atoms with E-state index in [-0.39, 0.29) is 23.1 Å². The highest BCUT2D eigenvalue weighted by atomic mass is 33.1. The van der Waals surface area contributed by atoms with Gasteiger partial charge in [-0.15, -0.1) is 0 Å². The van der Waals surface area contributed by atoms with E-state index in [4.69, 9.17) is 0 Å². The maximum atomic E-state index is 12.1. The summed E-state index contributed by atoms with van der Waals surface area (Å²) in [6, 6.07) is 5.38. The van der Waals surface area contributed by atoms with E-state index >= 15 is 0 Å². The number of unbranched alkanes of at least 4 members (excludes halogenated alkanes) is 2. The molecule has 2 rings (SSSR count). The van der Waals surface area contributed by atoms with Crippen molar-refractivity contribution in [1.29, 1.82) is 0 Å². The summed E-state index contributed by atoms with van der Waals surface area (Å²) in [6.07, 6.45) is 5.90. The van der Waals surface area contributed by atoms with E-state index in [1.165, 1.54) is 24.3 Å². The summed E-state index contributed by atoms with van der Waals surface area (Å²) in [5.74, 6) is -0.505. The van der Waals surface area contributed by atoms with Gasteiger partial charge in [-0.25, -0.2) is 4.79 Å². The average Bonchev–Trinajstić information content (AvgIpc) is 3.23. The Morgan fingerprint density at radius 3 is 2.63 bits per heavy atom. The number of aliphatic carboxylic acids is 1. The van der Waals surface area contributed by atoms with E-state index in [1.807, 2.05) is 21.6 Å². The number of carbonyl (C=O) groups is 3. The first-order chi connectivity index (χ1) is 14.5. The summed E-state index contributed by atoms with van der Waals surface area (Å²) in [4.78, 5) is 35.5. The van der Waals surface area contributed by atoms with Crippen LogP contribution in [0.15, 0.2) is 24.3 Å². The fourth-order valence-corrected chi connectivity index (χ4v) is 6.21. The third-order valence-corrected chi connectivity index (χ3v) is 7.90. The molecule has 1 saturated heterocycles. The maximum Gasteiger partial charge on any atom is 0.326 e. The standard InChI is InChI=1S/C21H30N2O5S2/c24-18-10-3-2-8-16(18)20(26)22-13-6-5-9-17(21(27)28)23-19(25)11-4-1-7-15-12-14-29-30-15/h2-3,8,10,15,17,24H,1,4-7,9,11-14H2,(H,22,26)(H,23,25)(H,27,28). The molecule has 0 saturated carbocycles. The molecule has 1 aromatic carbocycles. The average molecular weight is 455 g/mol. The molecule has 30 heavy (non-hydrogen) atoms. The van der Waals surface area contributed by atoms with Gasteiger partial charge < -0.3 is 20.8 Å². The quantitative estimate of drug-likeness (QED) is 0.266. The minimum Gasteiger partial charge on any atom is -0.507 e. The molecule has 2 amide bonds. The zero-order valence-corrected chi connectivity index (χ0v) is 18.6. The van der Waals surface area contributed by atoms with Gasteiger partial charge in [0, 0.05) is 24.0 Å². The molecule has 9 heteroatoms. The lowest BCUT2D eigenvalue weighted by atomic mass is 10.1. The molecule has 1 heterocycles. The van der Waals surface area contributed by atoms with Gasteiger partial charge in [0.2, 0.25) is 5.91 Å². The van der Waals surface area contributed by atoms with Crippen molar-refractivity contribution in [2.45, 2.75) is 62.7 Å². The second kappa shape index (κ2) is 13.4. The van der Waals surface area contributed by atoms with Crippen LogP contribution in [0.2, 0.25) is 0 Å². The number of carboxylic acids is 1. The van der Waals surface area contributed by atoms with Crippen LogP contribution < -0.4 is 10.6 Å². The molecule has 0 spiro atoms. The van der Waals surface area contributed by atoms with Crippen LogP contribution in [0.5, 0.6) is 5.75 Å². The Balaban J connectivity index is 1.59. The van der Waals surface area contributed by atoms with Gasteiger partial charge in [-0.3, -0.25) is 9.59 Å². The van der Waals surface area contributed by atoms with E-state index < -0.39 is 12.0 Å². The summed E-state index contributed by atoms with van der Waals surface area (Å²) in [5, 5.41) is 25.0. The smallest absolute Gasteiger partial charge is 0.326 e. The highest BCUT2D eigenvalue weighted by Gasteiger charge is 2.20. The van der Waals surface area contributed by atoms with E-state index in [9.17, 15) is 24.6 Å². The van der Waals surface area contributed by atoms with Gasteiger partial charge in [-0.2, -0.15) is 0 Å². The van der Waals surface area contributed by atoms with Crippen molar-refractivity contribution in [2.75, 3.05) is 12.3 Å². The summed E-state index contributed by atoms with van der Waals surface area (Å²) >= 11 is 0. The molecule has 166 valence electrons. The number of phenols is 1. The van der Waals surface area contributed by atoms with E-state index in [2.05, 4.69) is 10.6 Å². The van der Waals surface area contributed by atoms with E-state index in [0.717, 1.165) is 19.3 Å². The maximum absolute atomic E-state index is 12.1. The Hall–Kier alpha value is -1.87. The molecule has 0 aromatic heterocycles. The fourth-order valence-electron chi connectivity index (χ4n) is 3.18. The monoisotopic (exact) mass is 454 g/mol. The summed E-state index contributed by atoms with van der Waals surface area (Å²) in [7, 11) is 3.84. The lowest BCUT2D eigenvalue weighted by Crippen LogP contribution is -2.40. The van der Waals surface area contributed by atoms with Gasteiger partial charge in [0.25, 0.3) is 5.91 Å². The Labute approximate surface area is 185 Å². The van der Waals surface area contributed by atoms with Gasteiger partial charge in [0.1, 0.15) is 11.8 Å². The number of phenolic OH excluding ortho intramolecular Hbond substituents is 1. The van der Waals surface area contributed by atoms with Gasteiger partial charge in [0.05, 0.1) is 5.56 Å². The topological polar surface area (TPSA) is 116 Å². The highest BCUT2D eigenvalue weighted by molar-refractivity contribution is 8.77. The van der Waals surface area contributed by atoms with Crippen LogP contribution in [0.4, 0.5) is 0 Å². The third-order valence-electron chi connectivity index (χ3n) is 4.89. The van der Waals surface area contributed by atoms with Crippen molar-refractivity contribution in [1.82, 2.24) is 10.6 Å². The fraction of sp³-hybridized carbons (Fsp3) is 0.571. The van der Waals surface area contributed by atoms with Crippen LogP contribution >= 0.6 is 21.6 Å².